The minimum Gasteiger partial charge on any atom is -0.448 e. The number of halogens is 1. The van der Waals surface area contributed by atoms with E-state index in [2.05, 4.69) is 4.98 Å². The van der Waals surface area contributed by atoms with Crippen molar-refractivity contribution in [2.45, 2.75) is 38.2 Å². The number of nitrogens with zero attached hydrogens (tertiary/aromatic N) is 2. The second-order valence-corrected chi connectivity index (χ2v) is 5.65. The molecule has 0 aliphatic carbocycles. The van der Waals surface area contributed by atoms with E-state index < -0.39 is 5.60 Å². The van der Waals surface area contributed by atoms with Gasteiger partial charge in [0.05, 0.1) is 17.5 Å². The summed E-state index contributed by atoms with van der Waals surface area (Å²) >= 11 is 5.76. The molecule has 18 heavy (non-hydrogen) atoms. The Bertz CT molecular complexity index is 433. The van der Waals surface area contributed by atoms with Crippen LogP contribution in [0.5, 0.6) is 0 Å². The molecule has 5 nitrogen and oxygen atoms in total. The molecule has 6 heteroatoms. The van der Waals surface area contributed by atoms with Crippen LogP contribution in [-0.4, -0.2) is 34.7 Å². The van der Waals surface area contributed by atoms with Gasteiger partial charge in [0.1, 0.15) is 11.4 Å². The van der Waals surface area contributed by atoms with Gasteiger partial charge in [-0.2, -0.15) is 0 Å². The fourth-order valence-corrected chi connectivity index (χ4v) is 2.03. The Balaban J connectivity index is 1.89. The van der Waals surface area contributed by atoms with Gasteiger partial charge >= 0.3 is 6.09 Å². The monoisotopic (exact) mass is 272 g/mol. The van der Waals surface area contributed by atoms with E-state index in [0.29, 0.717) is 19.0 Å². The van der Waals surface area contributed by atoms with Gasteiger partial charge in [-0.05, 0) is 20.8 Å². The Morgan fingerprint density at radius 2 is 2.28 bits per heavy atom. The first-order valence-corrected chi connectivity index (χ1v) is 6.40. The van der Waals surface area contributed by atoms with E-state index in [0.717, 1.165) is 11.5 Å². The molecule has 2 heterocycles. The molecule has 0 spiro atoms. The Kier molecular flexibility index (Phi) is 3.52. The molecule has 100 valence electrons. The maximum Gasteiger partial charge on any atom is 0.410 e. The number of oxazole rings is 1. The van der Waals surface area contributed by atoms with Crippen molar-refractivity contribution in [3.63, 3.8) is 0 Å². The van der Waals surface area contributed by atoms with Crippen LogP contribution in [0.3, 0.4) is 0 Å². The van der Waals surface area contributed by atoms with Crippen LogP contribution in [0, 0.1) is 0 Å². The van der Waals surface area contributed by atoms with Crippen LogP contribution < -0.4 is 0 Å². The van der Waals surface area contributed by atoms with Crippen molar-refractivity contribution >= 4 is 17.7 Å². The summed E-state index contributed by atoms with van der Waals surface area (Å²) in [4.78, 5) is 17.4. The van der Waals surface area contributed by atoms with Crippen LogP contribution in [0.25, 0.3) is 0 Å². The summed E-state index contributed by atoms with van der Waals surface area (Å²) in [6, 6.07) is 0. The lowest BCUT2D eigenvalue weighted by atomic mass is 9.96. The van der Waals surface area contributed by atoms with Gasteiger partial charge in [-0.15, -0.1) is 11.6 Å². The van der Waals surface area contributed by atoms with Crippen LogP contribution in [0.4, 0.5) is 4.79 Å². The topological polar surface area (TPSA) is 55.6 Å². The molecule has 1 amide bonds. The minimum absolute atomic E-state index is 0.175. The number of hydrogen-bond donors (Lipinski definition) is 0. The lowest BCUT2D eigenvalue weighted by Crippen LogP contribution is -2.50. The quantitative estimate of drug-likeness (QED) is 0.777. The van der Waals surface area contributed by atoms with E-state index in [1.807, 2.05) is 20.8 Å². The highest BCUT2D eigenvalue weighted by Gasteiger charge is 2.37. The van der Waals surface area contributed by atoms with Gasteiger partial charge < -0.3 is 14.1 Å². The molecule has 2 rings (SSSR count). The summed E-state index contributed by atoms with van der Waals surface area (Å²) in [7, 11) is 0. The van der Waals surface area contributed by atoms with Crippen LogP contribution in [0.2, 0.25) is 0 Å². The molecule has 0 radical (unpaired) electrons. The molecule has 1 aromatic heterocycles. The first-order chi connectivity index (χ1) is 8.40. The molecule has 0 bridgehead atoms. The van der Waals surface area contributed by atoms with Crippen molar-refractivity contribution in [1.29, 1.82) is 0 Å². The molecular weight excluding hydrogens is 256 g/mol. The van der Waals surface area contributed by atoms with Gasteiger partial charge in [0.2, 0.25) is 0 Å². The molecule has 1 aromatic rings. The number of likely N-dealkylation sites (tertiary alicyclic amines) is 1. The number of hydrogen-bond acceptors (Lipinski definition) is 4. The summed E-state index contributed by atoms with van der Waals surface area (Å²) in [5.74, 6) is 1.29. The molecule has 0 unspecified atom stereocenters. The van der Waals surface area contributed by atoms with Crippen molar-refractivity contribution in [1.82, 2.24) is 9.88 Å². The highest BCUT2D eigenvalue weighted by Crippen LogP contribution is 2.30. The first-order valence-electron chi connectivity index (χ1n) is 5.87. The average Bonchev–Trinajstić information content (AvgIpc) is 2.60. The Labute approximate surface area is 111 Å². The van der Waals surface area contributed by atoms with Crippen molar-refractivity contribution in [3.05, 3.63) is 17.8 Å². The molecular formula is C12H17ClN2O3. The highest BCUT2D eigenvalue weighted by atomic mass is 35.5. The number of aromatic nitrogens is 1. The second-order valence-electron chi connectivity index (χ2n) is 5.38. The largest absolute Gasteiger partial charge is 0.448 e. The van der Waals surface area contributed by atoms with Crippen LogP contribution in [0.15, 0.2) is 10.8 Å². The number of alkyl halides is 1. The number of amides is 1. The normalized spacial score (nSPS) is 16.6. The van der Waals surface area contributed by atoms with Crippen molar-refractivity contribution in [3.8, 4) is 0 Å². The summed E-state index contributed by atoms with van der Waals surface area (Å²) < 4.78 is 10.6. The molecule has 0 N–H and O–H groups in total. The standard InChI is InChI=1S/C12H17ClN2O3/c1-12(2,3)18-11(16)15-5-8(6-15)10-9(4-13)14-7-17-10/h7-8H,4-6H2,1-3H3. The van der Waals surface area contributed by atoms with Gasteiger partial charge in [0.25, 0.3) is 0 Å². The summed E-state index contributed by atoms with van der Waals surface area (Å²) in [6.45, 7) is 6.74. The van der Waals surface area contributed by atoms with Crippen LogP contribution >= 0.6 is 11.6 Å². The van der Waals surface area contributed by atoms with Crippen molar-refractivity contribution in [2.24, 2.45) is 0 Å². The van der Waals surface area contributed by atoms with Gasteiger partial charge in [-0.3, -0.25) is 0 Å². The highest BCUT2D eigenvalue weighted by molar-refractivity contribution is 6.16. The van der Waals surface area contributed by atoms with Crippen molar-refractivity contribution in [2.75, 3.05) is 13.1 Å². The molecule has 1 fully saturated rings. The Hall–Kier alpha value is -1.23. The van der Waals surface area contributed by atoms with Crippen molar-refractivity contribution < 1.29 is 13.9 Å². The van der Waals surface area contributed by atoms with E-state index in [4.69, 9.17) is 20.8 Å². The Morgan fingerprint density at radius 3 is 2.83 bits per heavy atom. The third kappa shape index (κ3) is 2.77. The lowest BCUT2D eigenvalue weighted by Gasteiger charge is -2.38. The maximum atomic E-state index is 11.7. The predicted octanol–water partition coefficient (Wildman–Crippen LogP) is 2.75. The van der Waals surface area contributed by atoms with Gasteiger partial charge in [0, 0.05) is 13.1 Å². The van der Waals surface area contributed by atoms with Gasteiger partial charge in [0.15, 0.2) is 6.39 Å². The number of rotatable bonds is 2. The van der Waals surface area contributed by atoms with E-state index in [1.165, 1.54) is 6.39 Å². The first kappa shape index (κ1) is 13.2. The summed E-state index contributed by atoms with van der Waals surface area (Å²) in [5, 5.41) is 0. The zero-order valence-corrected chi connectivity index (χ0v) is 11.5. The lowest BCUT2D eigenvalue weighted by molar-refractivity contribution is 0.00644. The van der Waals surface area contributed by atoms with E-state index in [-0.39, 0.29) is 12.0 Å². The van der Waals surface area contributed by atoms with E-state index in [9.17, 15) is 4.79 Å². The second kappa shape index (κ2) is 4.80. The van der Waals surface area contributed by atoms with E-state index in [1.54, 1.807) is 4.90 Å². The molecule has 1 saturated heterocycles. The third-order valence-electron chi connectivity index (χ3n) is 2.70. The summed E-state index contributed by atoms with van der Waals surface area (Å²) in [5.41, 5.74) is 0.293. The maximum absolute atomic E-state index is 11.7. The zero-order chi connectivity index (χ0) is 13.3. The molecule has 1 aliphatic rings. The fraction of sp³-hybridized carbons (Fsp3) is 0.667. The number of carbonyl (C=O) groups excluding carboxylic acids is 1. The van der Waals surface area contributed by atoms with E-state index >= 15 is 0 Å². The van der Waals surface area contributed by atoms with Crippen LogP contribution in [0.1, 0.15) is 38.1 Å². The van der Waals surface area contributed by atoms with Gasteiger partial charge in [-0.25, -0.2) is 9.78 Å². The number of carbonyl (C=O) groups is 1. The molecule has 0 saturated carbocycles. The van der Waals surface area contributed by atoms with Gasteiger partial charge in [-0.1, -0.05) is 0 Å². The number of ether oxygens (including phenoxy) is 1. The van der Waals surface area contributed by atoms with Crippen LogP contribution in [-0.2, 0) is 10.6 Å². The third-order valence-corrected chi connectivity index (χ3v) is 2.96. The Morgan fingerprint density at radius 1 is 1.61 bits per heavy atom. The average molecular weight is 273 g/mol. The minimum atomic E-state index is -0.463. The molecule has 0 aromatic carbocycles. The smallest absolute Gasteiger partial charge is 0.410 e. The zero-order valence-electron chi connectivity index (χ0n) is 10.8. The fourth-order valence-electron chi connectivity index (χ4n) is 1.83. The molecule has 1 aliphatic heterocycles. The summed E-state index contributed by atoms with van der Waals surface area (Å²) in [6.07, 6.45) is 1.11. The SMILES string of the molecule is CC(C)(C)OC(=O)N1CC(c2ocnc2CCl)C1. The molecule has 0 atom stereocenters. The predicted molar refractivity (Wildman–Crippen MR) is 66.6 cm³/mol.